The minimum Gasteiger partial charge on any atom is -0.459 e. The molecule has 0 radical (unpaired) electrons. The van der Waals surface area contributed by atoms with Gasteiger partial charge >= 0.3 is 5.97 Å². The van der Waals surface area contributed by atoms with Crippen molar-refractivity contribution in [1.82, 2.24) is 10.3 Å². The number of aromatic nitrogens is 1. The summed E-state index contributed by atoms with van der Waals surface area (Å²) >= 11 is 5.95. The molecule has 0 atom stereocenters. The highest BCUT2D eigenvalue weighted by Gasteiger charge is 2.15. The van der Waals surface area contributed by atoms with Gasteiger partial charge in [0, 0.05) is 18.3 Å². The van der Waals surface area contributed by atoms with E-state index in [1.807, 2.05) is 20.8 Å². The molecule has 0 saturated carbocycles. The predicted octanol–water partition coefficient (Wildman–Crippen LogP) is 1.75. The highest BCUT2D eigenvalue weighted by atomic mass is 35.5. The molecule has 1 aromatic heterocycles. The van der Waals surface area contributed by atoms with Gasteiger partial charge in [0.2, 0.25) is 0 Å². The van der Waals surface area contributed by atoms with E-state index in [4.69, 9.17) is 22.1 Å². The van der Waals surface area contributed by atoms with Crippen LogP contribution in [-0.4, -0.2) is 23.1 Å². The molecule has 1 heterocycles. The van der Waals surface area contributed by atoms with Crippen molar-refractivity contribution in [2.45, 2.75) is 32.9 Å². The van der Waals surface area contributed by atoms with Gasteiger partial charge in [-0.15, -0.1) is 0 Å². The SMILES string of the molecule is CC(C)(C)OC(=O)CNCc1c(N)cncc1Cl. The molecule has 3 N–H and O–H groups in total. The Bertz CT molecular complexity index is 410. The molecule has 0 fully saturated rings. The lowest BCUT2D eigenvalue weighted by molar-refractivity contribution is -0.153. The summed E-state index contributed by atoms with van der Waals surface area (Å²) in [4.78, 5) is 15.3. The molecule has 0 aliphatic carbocycles. The van der Waals surface area contributed by atoms with E-state index >= 15 is 0 Å². The van der Waals surface area contributed by atoms with Gasteiger partial charge in [-0.2, -0.15) is 0 Å². The Morgan fingerprint density at radius 2 is 2.17 bits per heavy atom. The van der Waals surface area contributed by atoms with Gasteiger partial charge < -0.3 is 15.8 Å². The van der Waals surface area contributed by atoms with Crippen LogP contribution in [0.25, 0.3) is 0 Å². The van der Waals surface area contributed by atoms with Crippen molar-refractivity contribution in [2.75, 3.05) is 12.3 Å². The Kier molecular flexibility index (Phi) is 4.93. The molecule has 6 heteroatoms. The van der Waals surface area contributed by atoms with Crippen molar-refractivity contribution >= 4 is 23.3 Å². The van der Waals surface area contributed by atoms with E-state index in [1.165, 1.54) is 12.4 Å². The van der Waals surface area contributed by atoms with Crippen molar-refractivity contribution in [3.05, 3.63) is 23.0 Å². The lowest BCUT2D eigenvalue weighted by atomic mass is 10.2. The largest absolute Gasteiger partial charge is 0.459 e. The first-order valence-corrected chi connectivity index (χ1v) is 5.98. The fourth-order valence-electron chi connectivity index (χ4n) is 1.33. The number of hydrogen-bond acceptors (Lipinski definition) is 5. The first kappa shape index (κ1) is 14.7. The summed E-state index contributed by atoms with van der Waals surface area (Å²) in [5.41, 5.74) is 6.49. The summed E-state index contributed by atoms with van der Waals surface area (Å²) in [5.74, 6) is -0.314. The summed E-state index contributed by atoms with van der Waals surface area (Å²) in [6.45, 7) is 5.97. The number of rotatable bonds is 4. The van der Waals surface area contributed by atoms with Crippen LogP contribution in [0.4, 0.5) is 5.69 Å². The summed E-state index contributed by atoms with van der Waals surface area (Å²) in [7, 11) is 0. The molecule has 1 rings (SSSR count). The fourth-order valence-corrected chi connectivity index (χ4v) is 1.56. The Morgan fingerprint density at radius 1 is 1.50 bits per heavy atom. The van der Waals surface area contributed by atoms with E-state index in [0.717, 1.165) is 5.56 Å². The van der Waals surface area contributed by atoms with Crippen LogP contribution in [-0.2, 0) is 16.1 Å². The number of nitrogens with zero attached hydrogens (tertiary/aromatic N) is 1. The highest BCUT2D eigenvalue weighted by molar-refractivity contribution is 6.31. The number of carbonyl (C=O) groups excluding carboxylic acids is 1. The third-order valence-corrected chi connectivity index (χ3v) is 2.36. The molecular weight excluding hydrogens is 254 g/mol. The Morgan fingerprint density at radius 3 is 2.72 bits per heavy atom. The number of pyridine rings is 1. The lowest BCUT2D eigenvalue weighted by Crippen LogP contribution is -2.31. The maximum absolute atomic E-state index is 11.5. The van der Waals surface area contributed by atoms with E-state index in [1.54, 1.807) is 0 Å². The van der Waals surface area contributed by atoms with Gasteiger partial charge in [0.1, 0.15) is 5.60 Å². The number of nitrogen functional groups attached to an aromatic ring is 1. The van der Waals surface area contributed by atoms with Crippen molar-refractivity contribution in [1.29, 1.82) is 0 Å². The van der Waals surface area contributed by atoms with Crippen LogP contribution in [0, 0.1) is 0 Å². The van der Waals surface area contributed by atoms with Crippen LogP contribution in [0.3, 0.4) is 0 Å². The summed E-state index contributed by atoms with van der Waals surface area (Å²) in [6, 6.07) is 0. The van der Waals surface area contributed by atoms with Gasteiger partial charge in [0.15, 0.2) is 0 Å². The van der Waals surface area contributed by atoms with Crippen LogP contribution in [0.5, 0.6) is 0 Å². The molecule has 5 nitrogen and oxygen atoms in total. The number of anilines is 1. The normalized spacial score (nSPS) is 11.3. The molecule has 0 aliphatic rings. The zero-order chi connectivity index (χ0) is 13.8. The van der Waals surface area contributed by atoms with E-state index < -0.39 is 5.60 Å². The van der Waals surface area contributed by atoms with Crippen molar-refractivity contribution in [3.63, 3.8) is 0 Å². The number of hydrogen-bond donors (Lipinski definition) is 2. The predicted molar refractivity (Wildman–Crippen MR) is 71.2 cm³/mol. The van der Waals surface area contributed by atoms with Gasteiger partial charge in [-0.1, -0.05) is 11.6 Å². The maximum atomic E-state index is 11.5. The summed E-state index contributed by atoms with van der Waals surface area (Å²) in [6.07, 6.45) is 3.04. The number of halogens is 1. The number of nitrogens with one attached hydrogen (secondary N) is 1. The fraction of sp³-hybridized carbons (Fsp3) is 0.500. The van der Waals surface area contributed by atoms with Gasteiger partial charge in [-0.25, -0.2) is 0 Å². The number of carbonyl (C=O) groups is 1. The first-order chi connectivity index (χ1) is 8.29. The zero-order valence-electron chi connectivity index (χ0n) is 10.8. The molecule has 18 heavy (non-hydrogen) atoms. The second-order valence-corrected chi connectivity index (χ2v) is 5.29. The third kappa shape index (κ3) is 4.89. The Hall–Kier alpha value is -1.33. The van der Waals surface area contributed by atoms with Crippen molar-refractivity contribution in [3.8, 4) is 0 Å². The summed E-state index contributed by atoms with van der Waals surface area (Å²) < 4.78 is 5.16. The molecule has 1 aromatic rings. The quantitative estimate of drug-likeness (QED) is 0.816. The number of ether oxygens (including phenoxy) is 1. The molecule has 0 spiro atoms. The molecular formula is C12H18ClN3O2. The maximum Gasteiger partial charge on any atom is 0.320 e. The molecule has 0 unspecified atom stereocenters. The van der Waals surface area contributed by atoms with Crippen LogP contribution in [0.2, 0.25) is 5.02 Å². The van der Waals surface area contributed by atoms with Gasteiger partial charge in [0.05, 0.1) is 23.5 Å². The molecule has 0 aromatic carbocycles. The number of esters is 1. The third-order valence-electron chi connectivity index (χ3n) is 2.03. The lowest BCUT2D eigenvalue weighted by Gasteiger charge is -2.19. The van der Waals surface area contributed by atoms with E-state index in [2.05, 4.69) is 10.3 Å². The molecule has 0 amide bonds. The average Bonchev–Trinajstić information content (AvgIpc) is 2.19. The molecule has 0 bridgehead atoms. The minimum absolute atomic E-state index is 0.107. The highest BCUT2D eigenvalue weighted by Crippen LogP contribution is 2.19. The summed E-state index contributed by atoms with van der Waals surface area (Å²) in [5, 5.41) is 3.42. The Labute approximate surface area is 112 Å². The number of nitrogens with two attached hydrogens (primary N) is 1. The van der Waals surface area contributed by atoms with E-state index in [0.29, 0.717) is 17.3 Å². The van der Waals surface area contributed by atoms with E-state index in [-0.39, 0.29) is 12.5 Å². The van der Waals surface area contributed by atoms with Crippen LogP contribution >= 0.6 is 11.6 Å². The average molecular weight is 272 g/mol. The monoisotopic (exact) mass is 271 g/mol. The molecule has 0 saturated heterocycles. The van der Waals surface area contributed by atoms with Gasteiger partial charge in [-0.05, 0) is 20.8 Å². The van der Waals surface area contributed by atoms with Crippen molar-refractivity contribution in [2.24, 2.45) is 0 Å². The van der Waals surface area contributed by atoms with Crippen LogP contribution in [0.1, 0.15) is 26.3 Å². The molecule has 100 valence electrons. The molecule has 0 aliphatic heterocycles. The Balaban J connectivity index is 2.45. The van der Waals surface area contributed by atoms with Gasteiger partial charge in [-0.3, -0.25) is 9.78 Å². The standard InChI is InChI=1S/C12H18ClN3O2/c1-12(2,3)18-11(17)7-15-4-8-9(13)5-16-6-10(8)14/h5-6,15H,4,7,14H2,1-3H3. The first-order valence-electron chi connectivity index (χ1n) is 5.60. The second-order valence-electron chi connectivity index (χ2n) is 4.88. The van der Waals surface area contributed by atoms with Crippen molar-refractivity contribution < 1.29 is 9.53 Å². The second kappa shape index (κ2) is 6.02. The van der Waals surface area contributed by atoms with Gasteiger partial charge in [0.25, 0.3) is 0 Å². The minimum atomic E-state index is -0.480. The zero-order valence-corrected chi connectivity index (χ0v) is 11.5. The topological polar surface area (TPSA) is 77.2 Å². The van der Waals surface area contributed by atoms with E-state index in [9.17, 15) is 4.79 Å². The van der Waals surface area contributed by atoms with Crippen LogP contribution in [0.15, 0.2) is 12.4 Å². The van der Waals surface area contributed by atoms with Crippen LogP contribution < -0.4 is 11.1 Å². The smallest absolute Gasteiger partial charge is 0.320 e.